The van der Waals surface area contributed by atoms with Gasteiger partial charge in [-0.3, -0.25) is 15.2 Å². The molecule has 0 aromatic carbocycles. The lowest BCUT2D eigenvalue weighted by molar-refractivity contribution is 0.102. The molecule has 0 bridgehead atoms. The first-order valence-corrected chi connectivity index (χ1v) is 6.33. The van der Waals surface area contributed by atoms with Crippen molar-refractivity contribution in [2.45, 2.75) is 26.7 Å². The summed E-state index contributed by atoms with van der Waals surface area (Å²) in [6.07, 6.45) is 1.72. The van der Waals surface area contributed by atoms with Gasteiger partial charge in [-0.2, -0.15) is 4.98 Å². The number of hydrogen-bond acceptors (Lipinski definition) is 4. The first kappa shape index (κ1) is 13.5. The van der Waals surface area contributed by atoms with Crippen LogP contribution in [0.15, 0.2) is 12.1 Å². The highest BCUT2D eigenvalue weighted by molar-refractivity contribution is 6.29. The second-order valence-electron chi connectivity index (χ2n) is 4.12. The molecular weight excluding hydrogens is 266 g/mol. The normalized spacial score (nSPS) is 10.5. The van der Waals surface area contributed by atoms with E-state index < -0.39 is 0 Å². The SMILES string of the molecule is CCCc1cc(C(=O)Nc2n[nH]c(C)n2)cc(Cl)n1. The smallest absolute Gasteiger partial charge is 0.258 e. The molecule has 19 heavy (non-hydrogen) atoms. The Labute approximate surface area is 115 Å². The van der Waals surface area contributed by atoms with Crippen LogP contribution in [0.5, 0.6) is 0 Å². The number of carbonyl (C=O) groups is 1. The third kappa shape index (κ3) is 3.51. The summed E-state index contributed by atoms with van der Waals surface area (Å²) in [6, 6.07) is 3.25. The first-order valence-electron chi connectivity index (χ1n) is 5.95. The molecule has 2 aromatic heterocycles. The predicted molar refractivity (Wildman–Crippen MR) is 72.3 cm³/mol. The van der Waals surface area contributed by atoms with Crippen LogP contribution in [0.4, 0.5) is 5.95 Å². The number of aromatic nitrogens is 4. The third-order valence-corrected chi connectivity index (χ3v) is 2.63. The first-order chi connectivity index (χ1) is 9.08. The Morgan fingerprint density at radius 3 is 2.84 bits per heavy atom. The third-order valence-electron chi connectivity index (χ3n) is 2.44. The number of rotatable bonds is 4. The number of nitrogens with zero attached hydrogens (tertiary/aromatic N) is 3. The number of aromatic amines is 1. The number of carbonyl (C=O) groups excluding carboxylic acids is 1. The van der Waals surface area contributed by atoms with Crippen LogP contribution in [0.2, 0.25) is 5.15 Å². The van der Waals surface area contributed by atoms with Crippen molar-refractivity contribution in [3.05, 3.63) is 34.4 Å². The van der Waals surface area contributed by atoms with Crippen LogP contribution < -0.4 is 5.32 Å². The zero-order valence-corrected chi connectivity index (χ0v) is 11.5. The maximum absolute atomic E-state index is 12.0. The number of aryl methyl sites for hydroxylation is 2. The van der Waals surface area contributed by atoms with Crippen LogP contribution in [0.25, 0.3) is 0 Å². The van der Waals surface area contributed by atoms with E-state index in [1.807, 2.05) is 6.92 Å². The Morgan fingerprint density at radius 1 is 1.42 bits per heavy atom. The Hall–Kier alpha value is -1.95. The number of H-pyrrole nitrogens is 1. The van der Waals surface area contributed by atoms with Crippen molar-refractivity contribution in [2.24, 2.45) is 0 Å². The van der Waals surface area contributed by atoms with Gasteiger partial charge in [0.2, 0.25) is 5.95 Å². The number of pyridine rings is 1. The molecule has 2 aromatic rings. The lowest BCUT2D eigenvalue weighted by Crippen LogP contribution is -2.14. The number of halogens is 1. The van der Waals surface area contributed by atoms with Crippen LogP contribution >= 0.6 is 11.6 Å². The van der Waals surface area contributed by atoms with Crippen LogP contribution in [0.1, 0.15) is 35.2 Å². The molecule has 0 radical (unpaired) electrons. The summed E-state index contributed by atoms with van der Waals surface area (Å²) in [4.78, 5) is 20.2. The lowest BCUT2D eigenvalue weighted by atomic mass is 10.1. The quantitative estimate of drug-likeness (QED) is 0.842. The Morgan fingerprint density at radius 2 is 2.21 bits per heavy atom. The molecule has 0 unspecified atom stereocenters. The molecule has 0 saturated heterocycles. The van der Waals surface area contributed by atoms with Gasteiger partial charge >= 0.3 is 0 Å². The zero-order valence-electron chi connectivity index (χ0n) is 10.7. The summed E-state index contributed by atoms with van der Waals surface area (Å²) < 4.78 is 0. The fourth-order valence-electron chi connectivity index (χ4n) is 1.64. The van der Waals surface area contributed by atoms with Gasteiger partial charge in [0.05, 0.1) is 0 Å². The van der Waals surface area contributed by atoms with Crippen molar-refractivity contribution in [3.63, 3.8) is 0 Å². The van der Waals surface area contributed by atoms with E-state index in [2.05, 4.69) is 25.5 Å². The van der Waals surface area contributed by atoms with E-state index in [0.717, 1.165) is 18.5 Å². The fourth-order valence-corrected chi connectivity index (χ4v) is 1.86. The Balaban J connectivity index is 2.18. The molecule has 0 fully saturated rings. The van der Waals surface area contributed by atoms with Crippen LogP contribution in [0.3, 0.4) is 0 Å². The largest absolute Gasteiger partial charge is 0.289 e. The highest BCUT2D eigenvalue weighted by Gasteiger charge is 2.11. The maximum Gasteiger partial charge on any atom is 0.258 e. The van der Waals surface area contributed by atoms with Gasteiger partial charge in [-0.15, -0.1) is 5.10 Å². The van der Waals surface area contributed by atoms with Gasteiger partial charge in [-0.1, -0.05) is 24.9 Å². The molecule has 2 N–H and O–H groups in total. The maximum atomic E-state index is 12.0. The standard InChI is InChI=1S/C12H14ClN5O/c1-3-4-9-5-8(6-10(13)15-9)11(19)16-12-14-7(2)17-18-12/h5-6H,3-4H2,1-2H3,(H2,14,16,17,18,19). The summed E-state index contributed by atoms with van der Waals surface area (Å²) in [5, 5.41) is 9.40. The fraction of sp³-hybridized carbons (Fsp3) is 0.333. The average Bonchev–Trinajstić information content (AvgIpc) is 2.74. The number of amides is 1. The van der Waals surface area contributed by atoms with Crippen molar-refractivity contribution in [2.75, 3.05) is 5.32 Å². The second-order valence-corrected chi connectivity index (χ2v) is 4.51. The highest BCUT2D eigenvalue weighted by atomic mass is 35.5. The van der Waals surface area contributed by atoms with E-state index >= 15 is 0 Å². The van der Waals surface area contributed by atoms with E-state index in [1.165, 1.54) is 6.07 Å². The molecule has 0 spiro atoms. The van der Waals surface area contributed by atoms with E-state index in [9.17, 15) is 4.79 Å². The van der Waals surface area contributed by atoms with E-state index in [-0.39, 0.29) is 11.9 Å². The zero-order chi connectivity index (χ0) is 13.8. The van der Waals surface area contributed by atoms with Gasteiger partial charge < -0.3 is 0 Å². The summed E-state index contributed by atoms with van der Waals surface area (Å²) in [5.74, 6) is 0.572. The molecule has 2 rings (SSSR count). The van der Waals surface area contributed by atoms with Gasteiger partial charge in [-0.25, -0.2) is 4.98 Å². The van der Waals surface area contributed by atoms with E-state index in [4.69, 9.17) is 11.6 Å². The molecule has 0 aliphatic carbocycles. The molecule has 100 valence electrons. The minimum Gasteiger partial charge on any atom is -0.289 e. The van der Waals surface area contributed by atoms with Crippen molar-refractivity contribution in [1.29, 1.82) is 0 Å². The minimum atomic E-state index is -0.305. The van der Waals surface area contributed by atoms with Crippen molar-refractivity contribution < 1.29 is 4.79 Å². The molecule has 0 saturated carbocycles. The Bertz CT molecular complexity index is 596. The molecule has 6 nitrogen and oxygen atoms in total. The summed E-state index contributed by atoms with van der Waals surface area (Å²) in [7, 11) is 0. The monoisotopic (exact) mass is 279 g/mol. The van der Waals surface area contributed by atoms with Crippen LogP contribution in [-0.4, -0.2) is 26.1 Å². The van der Waals surface area contributed by atoms with Gasteiger partial charge in [0, 0.05) is 11.3 Å². The van der Waals surface area contributed by atoms with Gasteiger partial charge in [0.15, 0.2) is 0 Å². The molecule has 1 amide bonds. The average molecular weight is 280 g/mol. The van der Waals surface area contributed by atoms with Crippen LogP contribution in [-0.2, 0) is 6.42 Å². The topological polar surface area (TPSA) is 83.6 Å². The second kappa shape index (κ2) is 5.79. The number of nitrogens with one attached hydrogen (secondary N) is 2. The van der Waals surface area contributed by atoms with Crippen molar-refractivity contribution in [1.82, 2.24) is 20.2 Å². The number of hydrogen-bond donors (Lipinski definition) is 2. The summed E-state index contributed by atoms with van der Waals surface area (Å²) in [6.45, 7) is 3.80. The molecule has 0 aliphatic heterocycles. The summed E-state index contributed by atoms with van der Waals surface area (Å²) >= 11 is 5.91. The number of anilines is 1. The van der Waals surface area contributed by atoms with Gasteiger partial charge in [-0.05, 0) is 25.5 Å². The molecule has 0 atom stereocenters. The Kier molecular flexibility index (Phi) is 4.11. The summed E-state index contributed by atoms with van der Waals surface area (Å²) in [5.41, 5.74) is 1.25. The van der Waals surface area contributed by atoms with E-state index in [1.54, 1.807) is 13.0 Å². The van der Waals surface area contributed by atoms with Crippen molar-refractivity contribution >= 4 is 23.5 Å². The molecule has 2 heterocycles. The minimum absolute atomic E-state index is 0.243. The molecule has 0 aliphatic rings. The van der Waals surface area contributed by atoms with Gasteiger partial charge in [0.25, 0.3) is 5.91 Å². The van der Waals surface area contributed by atoms with Crippen molar-refractivity contribution in [3.8, 4) is 0 Å². The molecular formula is C12H14ClN5O. The lowest BCUT2D eigenvalue weighted by Gasteiger charge is -2.04. The molecule has 7 heteroatoms. The highest BCUT2D eigenvalue weighted by Crippen LogP contribution is 2.13. The van der Waals surface area contributed by atoms with E-state index in [0.29, 0.717) is 16.5 Å². The predicted octanol–water partition coefficient (Wildman–Crippen LogP) is 2.37. The van der Waals surface area contributed by atoms with Gasteiger partial charge in [0.1, 0.15) is 11.0 Å². The van der Waals surface area contributed by atoms with Crippen LogP contribution in [0, 0.1) is 6.92 Å².